The lowest BCUT2D eigenvalue weighted by molar-refractivity contribution is -0.386. The Labute approximate surface area is 156 Å². The number of amides is 1. The van der Waals surface area contributed by atoms with Gasteiger partial charge in [0.1, 0.15) is 5.56 Å². The fourth-order valence-electron chi connectivity index (χ4n) is 3.33. The zero-order valence-electron chi connectivity index (χ0n) is 15.1. The monoisotopic (exact) mass is 371 g/mol. The molecule has 27 heavy (non-hydrogen) atoms. The van der Waals surface area contributed by atoms with E-state index >= 15 is 0 Å². The zero-order chi connectivity index (χ0) is 19.6. The molecule has 2 N–H and O–H groups in total. The van der Waals surface area contributed by atoms with Crippen LogP contribution in [0.5, 0.6) is 5.75 Å². The standard InChI is InChI=1S/C19H21N3O5/c1-12-10-21(11-13(2)27-12)16-8-4-3-7-15(16)20-19(24)14-6-5-9-17(23)18(14)22(25)26/h3-9,12-13,23H,10-11H2,1-2H3,(H,20,24)/t12-,13+. The molecule has 0 aliphatic carbocycles. The van der Waals surface area contributed by atoms with E-state index in [1.807, 2.05) is 26.0 Å². The number of carbonyl (C=O) groups excluding carboxylic acids is 1. The summed E-state index contributed by atoms with van der Waals surface area (Å²) in [5.41, 5.74) is 0.553. The molecule has 0 bridgehead atoms. The minimum absolute atomic E-state index is 0.0460. The Balaban J connectivity index is 1.90. The Morgan fingerprint density at radius 3 is 2.52 bits per heavy atom. The normalized spacial score (nSPS) is 19.6. The molecule has 2 atom stereocenters. The van der Waals surface area contributed by atoms with Crippen molar-refractivity contribution in [2.45, 2.75) is 26.1 Å². The van der Waals surface area contributed by atoms with Crippen LogP contribution in [-0.4, -0.2) is 41.2 Å². The fourth-order valence-corrected chi connectivity index (χ4v) is 3.33. The van der Waals surface area contributed by atoms with Gasteiger partial charge in [-0.2, -0.15) is 0 Å². The largest absolute Gasteiger partial charge is 0.502 e. The maximum Gasteiger partial charge on any atom is 0.323 e. The molecule has 8 nitrogen and oxygen atoms in total. The highest BCUT2D eigenvalue weighted by Crippen LogP contribution is 2.32. The third-order valence-corrected chi connectivity index (χ3v) is 4.35. The summed E-state index contributed by atoms with van der Waals surface area (Å²) in [6.07, 6.45) is 0.0920. The predicted octanol–water partition coefficient (Wildman–Crippen LogP) is 3.17. The van der Waals surface area contributed by atoms with Crippen molar-refractivity contribution in [1.29, 1.82) is 0 Å². The molecule has 1 saturated heterocycles. The first kappa shape index (κ1) is 18.7. The molecule has 0 radical (unpaired) electrons. The average molecular weight is 371 g/mol. The third-order valence-electron chi connectivity index (χ3n) is 4.35. The van der Waals surface area contributed by atoms with Crippen molar-refractivity contribution in [3.05, 3.63) is 58.1 Å². The van der Waals surface area contributed by atoms with E-state index in [1.165, 1.54) is 18.2 Å². The van der Waals surface area contributed by atoms with E-state index in [9.17, 15) is 20.0 Å². The molecule has 2 aromatic carbocycles. The summed E-state index contributed by atoms with van der Waals surface area (Å²) >= 11 is 0. The van der Waals surface area contributed by atoms with Crippen LogP contribution in [0.4, 0.5) is 17.1 Å². The summed E-state index contributed by atoms with van der Waals surface area (Å²) in [4.78, 5) is 25.3. The first-order valence-corrected chi connectivity index (χ1v) is 8.64. The van der Waals surface area contributed by atoms with Crippen molar-refractivity contribution >= 4 is 23.0 Å². The molecular formula is C19H21N3O5. The number of hydrogen-bond donors (Lipinski definition) is 2. The fraction of sp³-hybridized carbons (Fsp3) is 0.316. The number of nitrogens with zero attached hydrogens (tertiary/aromatic N) is 2. The molecule has 1 aliphatic heterocycles. The molecule has 2 aromatic rings. The number of aromatic hydroxyl groups is 1. The molecule has 142 valence electrons. The number of nitro groups is 1. The van der Waals surface area contributed by atoms with E-state index in [-0.39, 0.29) is 17.8 Å². The maximum absolute atomic E-state index is 12.7. The number of hydrogen-bond acceptors (Lipinski definition) is 6. The van der Waals surface area contributed by atoms with E-state index in [4.69, 9.17) is 4.74 Å². The van der Waals surface area contributed by atoms with E-state index in [2.05, 4.69) is 10.2 Å². The van der Waals surface area contributed by atoms with Gasteiger partial charge in [-0.05, 0) is 38.1 Å². The summed E-state index contributed by atoms with van der Waals surface area (Å²) in [7, 11) is 0. The number of phenolic OH excluding ortho intramolecular Hbond substituents is 1. The lowest BCUT2D eigenvalue weighted by atomic mass is 10.1. The van der Waals surface area contributed by atoms with Gasteiger partial charge >= 0.3 is 5.69 Å². The predicted molar refractivity (Wildman–Crippen MR) is 101 cm³/mol. The van der Waals surface area contributed by atoms with Crippen molar-refractivity contribution in [1.82, 2.24) is 0 Å². The van der Waals surface area contributed by atoms with E-state index in [0.29, 0.717) is 18.8 Å². The van der Waals surface area contributed by atoms with Gasteiger partial charge in [0.25, 0.3) is 5.91 Å². The van der Waals surface area contributed by atoms with Crippen LogP contribution >= 0.6 is 0 Å². The molecule has 0 aromatic heterocycles. The average Bonchev–Trinajstić information content (AvgIpc) is 2.60. The lowest BCUT2D eigenvalue weighted by Gasteiger charge is -2.37. The van der Waals surface area contributed by atoms with Crippen LogP contribution in [0.2, 0.25) is 0 Å². The van der Waals surface area contributed by atoms with Gasteiger partial charge in [0, 0.05) is 13.1 Å². The van der Waals surface area contributed by atoms with Crippen molar-refractivity contribution in [2.75, 3.05) is 23.3 Å². The van der Waals surface area contributed by atoms with Crippen molar-refractivity contribution in [3.8, 4) is 5.75 Å². The van der Waals surface area contributed by atoms with Gasteiger partial charge in [-0.25, -0.2) is 0 Å². The molecule has 8 heteroatoms. The number of nitrogens with one attached hydrogen (secondary N) is 1. The second-order valence-electron chi connectivity index (χ2n) is 6.56. The van der Waals surface area contributed by atoms with Gasteiger partial charge in [0.15, 0.2) is 5.75 Å². The Kier molecular flexibility index (Phi) is 5.27. The van der Waals surface area contributed by atoms with Crippen LogP contribution in [0, 0.1) is 10.1 Å². The number of ether oxygens (including phenoxy) is 1. The smallest absolute Gasteiger partial charge is 0.323 e. The van der Waals surface area contributed by atoms with Crippen molar-refractivity contribution in [2.24, 2.45) is 0 Å². The summed E-state index contributed by atoms with van der Waals surface area (Å²) in [6, 6.07) is 11.2. The number of para-hydroxylation sites is 3. The van der Waals surface area contributed by atoms with Crippen LogP contribution in [0.15, 0.2) is 42.5 Å². The number of phenols is 1. The van der Waals surface area contributed by atoms with Gasteiger partial charge in [0.05, 0.1) is 28.5 Å². The van der Waals surface area contributed by atoms with Crippen LogP contribution in [0.25, 0.3) is 0 Å². The zero-order valence-corrected chi connectivity index (χ0v) is 15.1. The molecule has 1 aliphatic rings. The molecule has 3 rings (SSSR count). The second-order valence-corrected chi connectivity index (χ2v) is 6.56. The number of morpholine rings is 1. The molecule has 1 fully saturated rings. The quantitative estimate of drug-likeness (QED) is 0.632. The van der Waals surface area contributed by atoms with E-state index in [0.717, 1.165) is 5.69 Å². The Morgan fingerprint density at radius 2 is 1.85 bits per heavy atom. The summed E-state index contributed by atoms with van der Waals surface area (Å²) in [6.45, 7) is 5.31. The minimum Gasteiger partial charge on any atom is -0.502 e. The summed E-state index contributed by atoms with van der Waals surface area (Å²) in [5.74, 6) is -1.20. The number of rotatable bonds is 4. The Hall–Kier alpha value is -3.13. The van der Waals surface area contributed by atoms with Gasteiger partial charge in [0.2, 0.25) is 0 Å². The molecular weight excluding hydrogens is 350 g/mol. The Bertz CT molecular complexity index is 860. The molecule has 1 heterocycles. The van der Waals surface area contributed by atoms with Gasteiger partial charge < -0.3 is 20.1 Å². The molecule has 0 saturated carbocycles. The number of carbonyl (C=O) groups is 1. The van der Waals surface area contributed by atoms with Crippen molar-refractivity contribution in [3.63, 3.8) is 0 Å². The lowest BCUT2D eigenvalue weighted by Crippen LogP contribution is -2.45. The SMILES string of the molecule is C[C@@H]1CN(c2ccccc2NC(=O)c2cccc(O)c2[N+](=O)[O-])C[C@H](C)O1. The molecule has 0 unspecified atom stereocenters. The van der Waals surface area contributed by atoms with E-state index < -0.39 is 22.3 Å². The third kappa shape index (κ3) is 4.01. The first-order chi connectivity index (χ1) is 12.9. The van der Waals surface area contributed by atoms with Crippen LogP contribution < -0.4 is 10.2 Å². The Morgan fingerprint density at radius 1 is 1.19 bits per heavy atom. The van der Waals surface area contributed by atoms with Crippen LogP contribution in [-0.2, 0) is 4.74 Å². The minimum atomic E-state index is -0.762. The van der Waals surface area contributed by atoms with Gasteiger partial charge in [-0.15, -0.1) is 0 Å². The van der Waals surface area contributed by atoms with Crippen LogP contribution in [0.1, 0.15) is 24.2 Å². The molecule has 1 amide bonds. The topological polar surface area (TPSA) is 105 Å². The first-order valence-electron chi connectivity index (χ1n) is 8.64. The highest BCUT2D eigenvalue weighted by molar-refractivity contribution is 6.09. The highest BCUT2D eigenvalue weighted by atomic mass is 16.6. The number of benzene rings is 2. The highest BCUT2D eigenvalue weighted by Gasteiger charge is 2.27. The van der Waals surface area contributed by atoms with Gasteiger partial charge in [-0.1, -0.05) is 18.2 Å². The van der Waals surface area contributed by atoms with E-state index in [1.54, 1.807) is 12.1 Å². The molecule has 0 spiro atoms. The summed E-state index contributed by atoms with van der Waals surface area (Å²) < 4.78 is 5.75. The second kappa shape index (κ2) is 7.63. The van der Waals surface area contributed by atoms with Crippen LogP contribution in [0.3, 0.4) is 0 Å². The number of anilines is 2. The number of nitro benzene ring substituents is 1. The van der Waals surface area contributed by atoms with Gasteiger partial charge in [-0.3, -0.25) is 14.9 Å². The van der Waals surface area contributed by atoms with Crippen molar-refractivity contribution < 1.29 is 19.6 Å². The summed E-state index contributed by atoms with van der Waals surface area (Å²) in [5, 5.41) is 23.7. The maximum atomic E-state index is 12.7.